The van der Waals surface area contributed by atoms with E-state index in [0.29, 0.717) is 19.6 Å². The second-order valence-electron chi connectivity index (χ2n) is 5.69. The third kappa shape index (κ3) is 3.50. The van der Waals surface area contributed by atoms with Gasteiger partial charge >= 0.3 is 6.03 Å². The third-order valence-electron chi connectivity index (χ3n) is 4.17. The largest absolute Gasteiger partial charge is 0.354 e. The number of carbonyl (C=O) groups excluding carboxylic acids is 2. The number of thiophene rings is 1. The van der Waals surface area contributed by atoms with Crippen LogP contribution in [0.2, 0.25) is 0 Å². The van der Waals surface area contributed by atoms with Gasteiger partial charge in [0.2, 0.25) is 5.91 Å². The van der Waals surface area contributed by atoms with Crippen LogP contribution in [0.3, 0.4) is 0 Å². The molecular weight excluding hydrogens is 298 g/mol. The molecule has 0 saturated carbocycles. The second kappa shape index (κ2) is 6.96. The van der Waals surface area contributed by atoms with E-state index in [2.05, 4.69) is 28.2 Å². The van der Waals surface area contributed by atoms with Crippen molar-refractivity contribution in [1.82, 2.24) is 15.5 Å². The van der Waals surface area contributed by atoms with Gasteiger partial charge in [0.05, 0.1) is 0 Å². The molecule has 2 N–H and O–H groups in total. The van der Waals surface area contributed by atoms with Gasteiger partial charge < -0.3 is 15.5 Å². The number of carbonyl (C=O) groups is 2. The first kappa shape index (κ1) is 15.1. The Hall–Kier alpha value is -1.82. The maximum atomic E-state index is 12.3. The maximum absolute atomic E-state index is 12.3. The molecule has 3 rings (SSSR count). The molecule has 0 radical (unpaired) electrons. The van der Waals surface area contributed by atoms with Crippen molar-refractivity contribution < 1.29 is 9.59 Å². The van der Waals surface area contributed by atoms with E-state index in [-0.39, 0.29) is 11.9 Å². The molecule has 1 aromatic heterocycles. The van der Waals surface area contributed by atoms with Crippen LogP contribution in [0.4, 0.5) is 4.79 Å². The Kier molecular flexibility index (Phi) is 4.77. The van der Waals surface area contributed by atoms with Crippen LogP contribution in [0.5, 0.6) is 0 Å². The Bertz CT molecular complexity index is 568. The molecule has 2 aliphatic heterocycles. The summed E-state index contributed by atoms with van der Waals surface area (Å²) in [5, 5.41) is 7.79. The summed E-state index contributed by atoms with van der Waals surface area (Å²) in [5.41, 5.74) is 1.31. The molecule has 3 amide bonds. The standard InChI is InChI=1S/C16H21N3O2S/c20-15-13(4-1-2-8-17-15)18-16(21)19-9-6-12(7-10-19)14-5-3-11-22-14/h3,5-6,11,13H,1-2,4,7-10H2,(H,17,20)(H,18,21)/t13-/m1/s1. The van der Waals surface area contributed by atoms with Crippen molar-refractivity contribution in [3.63, 3.8) is 0 Å². The fourth-order valence-electron chi connectivity index (χ4n) is 2.86. The van der Waals surface area contributed by atoms with Crippen LogP contribution in [0.1, 0.15) is 30.6 Å². The van der Waals surface area contributed by atoms with Crippen LogP contribution in [0.25, 0.3) is 5.57 Å². The summed E-state index contributed by atoms with van der Waals surface area (Å²) in [6.07, 6.45) is 5.65. The highest BCUT2D eigenvalue weighted by atomic mass is 32.1. The molecule has 22 heavy (non-hydrogen) atoms. The molecule has 3 heterocycles. The zero-order valence-corrected chi connectivity index (χ0v) is 13.3. The summed E-state index contributed by atoms with van der Waals surface area (Å²) >= 11 is 1.73. The minimum atomic E-state index is -0.391. The molecule has 1 fully saturated rings. The van der Waals surface area contributed by atoms with Gasteiger partial charge in [0.25, 0.3) is 0 Å². The van der Waals surface area contributed by atoms with E-state index in [0.717, 1.165) is 25.7 Å². The van der Waals surface area contributed by atoms with Gasteiger partial charge in [0, 0.05) is 24.5 Å². The fourth-order valence-corrected chi connectivity index (χ4v) is 3.65. The molecule has 0 aromatic carbocycles. The highest BCUT2D eigenvalue weighted by Crippen LogP contribution is 2.26. The first-order valence-corrected chi connectivity index (χ1v) is 8.68. The SMILES string of the molecule is O=C1NCCCC[C@H]1NC(=O)N1CC=C(c2cccs2)CC1. The number of amides is 3. The number of rotatable bonds is 2. The molecule has 2 aliphatic rings. The van der Waals surface area contributed by atoms with Crippen LogP contribution in [0, 0.1) is 0 Å². The van der Waals surface area contributed by atoms with E-state index >= 15 is 0 Å². The molecule has 118 valence electrons. The lowest BCUT2D eigenvalue weighted by Crippen LogP contribution is -2.51. The Balaban J connectivity index is 1.56. The average Bonchev–Trinajstić information content (AvgIpc) is 3.00. The molecule has 0 aliphatic carbocycles. The minimum absolute atomic E-state index is 0.0577. The van der Waals surface area contributed by atoms with Crippen molar-refractivity contribution in [1.29, 1.82) is 0 Å². The van der Waals surface area contributed by atoms with E-state index in [4.69, 9.17) is 0 Å². The summed E-state index contributed by atoms with van der Waals surface area (Å²) in [4.78, 5) is 27.3. The first-order chi connectivity index (χ1) is 10.7. The van der Waals surface area contributed by atoms with Crippen molar-refractivity contribution >= 4 is 28.8 Å². The lowest BCUT2D eigenvalue weighted by atomic mass is 10.1. The molecule has 1 atom stereocenters. The highest BCUT2D eigenvalue weighted by Gasteiger charge is 2.25. The van der Waals surface area contributed by atoms with E-state index < -0.39 is 6.04 Å². The van der Waals surface area contributed by atoms with Crippen molar-refractivity contribution in [3.05, 3.63) is 28.5 Å². The van der Waals surface area contributed by atoms with Crippen molar-refractivity contribution in [3.8, 4) is 0 Å². The summed E-state index contributed by atoms with van der Waals surface area (Å²) in [7, 11) is 0. The van der Waals surface area contributed by atoms with Crippen molar-refractivity contribution in [2.24, 2.45) is 0 Å². The second-order valence-corrected chi connectivity index (χ2v) is 6.64. The average molecular weight is 319 g/mol. The lowest BCUT2D eigenvalue weighted by Gasteiger charge is -2.28. The van der Waals surface area contributed by atoms with Gasteiger partial charge in [0.15, 0.2) is 0 Å². The zero-order chi connectivity index (χ0) is 15.4. The Morgan fingerprint density at radius 1 is 1.41 bits per heavy atom. The van der Waals surface area contributed by atoms with Gasteiger partial charge in [-0.15, -0.1) is 11.3 Å². The fraction of sp³-hybridized carbons (Fsp3) is 0.500. The molecule has 6 heteroatoms. The molecule has 0 spiro atoms. The van der Waals surface area contributed by atoms with Crippen LogP contribution in [0.15, 0.2) is 23.6 Å². The maximum Gasteiger partial charge on any atom is 0.318 e. The number of hydrogen-bond donors (Lipinski definition) is 2. The number of urea groups is 1. The molecule has 5 nitrogen and oxygen atoms in total. The summed E-state index contributed by atoms with van der Waals surface area (Å²) in [6, 6.07) is 3.63. The van der Waals surface area contributed by atoms with Crippen LogP contribution in [-0.4, -0.2) is 42.5 Å². The van der Waals surface area contributed by atoms with Gasteiger partial charge in [0.1, 0.15) is 6.04 Å². The normalized spacial score (nSPS) is 22.5. The van der Waals surface area contributed by atoms with Gasteiger partial charge in [-0.2, -0.15) is 0 Å². The third-order valence-corrected chi connectivity index (χ3v) is 5.11. The monoisotopic (exact) mass is 319 g/mol. The summed E-state index contributed by atoms with van der Waals surface area (Å²) < 4.78 is 0. The van der Waals surface area contributed by atoms with E-state index in [9.17, 15) is 9.59 Å². The summed E-state index contributed by atoms with van der Waals surface area (Å²) in [5.74, 6) is -0.0577. The Morgan fingerprint density at radius 2 is 2.32 bits per heavy atom. The van der Waals surface area contributed by atoms with Crippen molar-refractivity contribution in [2.75, 3.05) is 19.6 Å². The molecule has 0 bridgehead atoms. The highest BCUT2D eigenvalue weighted by molar-refractivity contribution is 7.11. The van der Waals surface area contributed by atoms with Gasteiger partial charge in [-0.05, 0) is 42.7 Å². The quantitative estimate of drug-likeness (QED) is 0.878. The van der Waals surface area contributed by atoms with E-state index in [1.54, 1.807) is 16.2 Å². The lowest BCUT2D eigenvalue weighted by molar-refractivity contribution is -0.122. The number of hydrogen-bond acceptors (Lipinski definition) is 3. The minimum Gasteiger partial charge on any atom is -0.354 e. The molecule has 1 saturated heterocycles. The van der Waals surface area contributed by atoms with Crippen molar-refractivity contribution in [2.45, 2.75) is 31.7 Å². The van der Waals surface area contributed by atoms with Gasteiger partial charge in [-0.3, -0.25) is 4.79 Å². The Labute approximate surface area is 134 Å². The summed E-state index contributed by atoms with van der Waals surface area (Å²) in [6.45, 7) is 2.01. The molecular formula is C16H21N3O2S. The zero-order valence-electron chi connectivity index (χ0n) is 12.5. The Morgan fingerprint density at radius 3 is 3.05 bits per heavy atom. The van der Waals surface area contributed by atoms with E-state index in [1.807, 2.05) is 6.07 Å². The predicted octanol–water partition coefficient (Wildman–Crippen LogP) is 2.22. The van der Waals surface area contributed by atoms with Gasteiger partial charge in [-0.25, -0.2) is 4.79 Å². The first-order valence-electron chi connectivity index (χ1n) is 7.80. The van der Waals surface area contributed by atoms with Crippen LogP contribution < -0.4 is 10.6 Å². The predicted molar refractivity (Wildman–Crippen MR) is 87.7 cm³/mol. The number of nitrogens with zero attached hydrogens (tertiary/aromatic N) is 1. The van der Waals surface area contributed by atoms with Crippen LogP contribution >= 0.6 is 11.3 Å². The van der Waals surface area contributed by atoms with E-state index in [1.165, 1.54) is 10.5 Å². The molecule has 0 unspecified atom stereocenters. The topological polar surface area (TPSA) is 61.4 Å². The van der Waals surface area contributed by atoms with Crippen LogP contribution in [-0.2, 0) is 4.79 Å². The molecule has 1 aromatic rings. The smallest absolute Gasteiger partial charge is 0.318 e. The number of nitrogens with one attached hydrogen (secondary N) is 2. The van der Waals surface area contributed by atoms with Gasteiger partial charge in [-0.1, -0.05) is 12.1 Å².